The highest BCUT2D eigenvalue weighted by Crippen LogP contribution is 2.28. The van der Waals surface area contributed by atoms with E-state index in [0.29, 0.717) is 32.0 Å². The van der Waals surface area contributed by atoms with Gasteiger partial charge in [-0.1, -0.05) is 41.9 Å². The first-order valence-corrected chi connectivity index (χ1v) is 9.73. The first-order chi connectivity index (χ1) is 14.0. The summed E-state index contributed by atoms with van der Waals surface area (Å²) in [5.41, 5.74) is 1.36. The van der Waals surface area contributed by atoms with E-state index in [-0.39, 0.29) is 17.2 Å². The van der Waals surface area contributed by atoms with E-state index < -0.39 is 12.1 Å². The molecule has 0 spiro atoms. The van der Waals surface area contributed by atoms with Crippen LogP contribution < -0.4 is 4.90 Å². The molecule has 29 heavy (non-hydrogen) atoms. The first kappa shape index (κ1) is 21.1. The molecule has 7 nitrogen and oxygen atoms in total. The predicted molar refractivity (Wildman–Crippen MR) is 110 cm³/mol. The Hall–Kier alpha value is -2.61. The summed E-state index contributed by atoms with van der Waals surface area (Å²) in [5, 5.41) is 9.33. The highest BCUT2D eigenvalue weighted by Gasteiger charge is 2.22. The summed E-state index contributed by atoms with van der Waals surface area (Å²) in [6, 6.07) is 13.7. The summed E-state index contributed by atoms with van der Waals surface area (Å²) in [6.45, 7) is 4.02. The topological polar surface area (TPSA) is 79.3 Å². The Morgan fingerprint density at radius 2 is 1.86 bits per heavy atom. The van der Waals surface area contributed by atoms with Gasteiger partial charge in [0.25, 0.3) is 0 Å². The summed E-state index contributed by atoms with van der Waals surface area (Å²) >= 11 is 6.30. The second-order valence-electron chi connectivity index (χ2n) is 6.62. The molecule has 154 valence electrons. The first-order valence-electron chi connectivity index (χ1n) is 9.36. The quantitative estimate of drug-likeness (QED) is 0.741. The van der Waals surface area contributed by atoms with Gasteiger partial charge in [0.05, 0.1) is 29.5 Å². The lowest BCUT2D eigenvalue weighted by Crippen LogP contribution is -2.43. The zero-order valence-electron chi connectivity index (χ0n) is 15.9. The van der Waals surface area contributed by atoms with E-state index in [1.807, 2.05) is 30.3 Å². The molecule has 1 amide bonds. The minimum Gasteiger partial charge on any atom is -0.478 e. The standard InChI is InChI=1S/C21H23ClN2O5/c22-18-14-17(20(25)26)6-7-19(18)24(9-8-23-10-12-28-13-11-23)21(27)29-15-16-4-2-1-3-5-16/h1-7,14H,8-13,15H2,(H,25,26). The second kappa shape index (κ2) is 10.2. The van der Waals surface area contributed by atoms with Gasteiger partial charge in [0.2, 0.25) is 0 Å². The fraction of sp³-hybridized carbons (Fsp3) is 0.333. The number of anilines is 1. The molecule has 3 rings (SSSR count). The molecule has 1 saturated heterocycles. The molecule has 2 aromatic carbocycles. The van der Waals surface area contributed by atoms with E-state index in [1.54, 1.807) is 0 Å². The summed E-state index contributed by atoms with van der Waals surface area (Å²) in [7, 11) is 0. The van der Waals surface area contributed by atoms with Gasteiger partial charge in [-0.2, -0.15) is 0 Å². The molecule has 0 atom stereocenters. The lowest BCUT2D eigenvalue weighted by molar-refractivity contribution is 0.0390. The van der Waals surface area contributed by atoms with Crippen LogP contribution in [0.2, 0.25) is 5.02 Å². The maximum absolute atomic E-state index is 12.8. The predicted octanol–water partition coefficient (Wildman–Crippen LogP) is 3.51. The molecular weight excluding hydrogens is 396 g/mol. The van der Waals surface area contributed by atoms with Crippen molar-refractivity contribution >= 4 is 29.4 Å². The Balaban J connectivity index is 1.74. The van der Waals surface area contributed by atoms with Crippen LogP contribution in [0.3, 0.4) is 0 Å². The number of rotatable bonds is 7. The Morgan fingerprint density at radius 3 is 2.52 bits per heavy atom. The van der Waals surface area contributed by atoms with E-state index in [2.05, 4.69) is 4.90 Å². The molecule has 2 aromatic rings. The van der Waals surface area contributed by atoms with Crippen LogP contribution in [0.4, 0.5) is 10.5 Å². The van der Waals surface area contributed by atoms with Gasteiger partial charge in [-0.3, -0.25) is 9.80 Å². The molecule has 8 heteroatoms. The van der Waals surface area contributed by atoms with Crippen molar-refractivity contribution in [2.75, 3.05) is 44.3 Å². The lowest BCUT2D eigenvalue weighted by Gasteiger charge is -2.30. The molecule has 0 aliphatic carbocycles. The summed E-state index contributed by atoms with van der Waals surface area (Å²) in [5.74, 6) is -1.08. The fourth-order valence-corrected chi connectivity index (χ4v) is 3.31. The van der Waals surface area contributed by atoms with Crippen molar-refractivity contribution in [1.82, 2.24) is 4.90 Å². The van der Waals surface area contributed by atoms with Crippen LogP contribution in [0.5, 0.6) is 0 Å². The van der Waals surface area contributed by atoms with Gasteiger partial charge in [-0.05, 0) is 23.8 Å². The molecule has 0 bridgehead atoms. The average molecular weight is 419 g/mol. The number of halogens is 1. The van der Waals surface area contributed by atoms with Gasteiger partial charge in [0, 0.05) is 26.2 Å². The normalized spacial score (nSPS) is 14.4. The van der Waals surface area contributed by atoms with Crippen LogP contribution in [0.15, 0.2) is 48.5 Å². The van der Waals surface area contributed by atoms with Crippen LogP contribution in [0.1, 0.15) is 15.9 Å². The number of hydrogen-bond acceptors (Lipinski definition) is 5. The van der Waals surface area contributed by atoms with Crippen LogP contribution in [0, 0.1) is 0 Å². The summed E-state index contributed by atoms with van der Waals surface area (Å²) < 4.78 is 10.8. The Labute approximate surface area is 174 Å². The molecule has 0 aromatic heterocycles. The maximum Gasteiger partial charge on any atom is 0.414 e. The molecular formula is C21H23ClN2O5. The number of carbonyl (C=O) groups is 2. The van der Waals surface area contributed by atoms with Gasteiger partial charge in [0.1, 0.15) is 6.61 Å². The molecule has 1 aliphatic heterocycles. The number of hydrogen-bond donors (Lipinski definition) is 1. The number of carbonyl (C=O) groups excluding carboxylic acids is 1. The Morgan fingerprint density at radius 1 is 1.14 bits per heavy atom. The van der Waals surface area contributed by atoms with Gasteiger partial charge in [-0.15, -0.1) is 0 Å². The highest BCUT2D eigenvalue weighted by atomic mass is 35.5. The summed E-state index contributed by atoms with van der Waals surface area (Å²) in [4.78, 5) is 27.7. The summed E-state index contributed by atoms with van der Waals surface area (Å²) in [6.07, 6.45) is -0.535. The largest absolute Gasteiger partial charge is 0.478 e. The Bertz CT molecular complexity index is 840. The van der Waals surface area contributed by atoms with Crippen LogP contribution >= 0.6 is 11.6 Å². The minimum absolute atomic E-state index is 0.0598. The van der Waals surface area contributed by atoms with Crippen LogP contribution in [-0.2, 0) is 16.1 Å². The van der Waals surface area contributed by atoms with Crippen molar-refractivity contribution < 1.29 is 24.2 Å². The number of nitrogens with zero attached hydrogens (tertiary/aromatic N) is 2. The van der Waals surface area contributed by atoms with E-state index in [0.717, 1.165) is 18.7 Å². The zero-order chi connectivity index (χ0) is 20.6. The van der Waals surface area contributed by atoms with Crippen molar-refractivity contribution in [3.8, 4) is 0 Å². The number of benzene rings is 2. The minimum atomic E-state index is -1.08. The molecule has 0 saturated carbocycles. The second-order valence-corrected chi connectivity index (χ2v) is 7.02. The third-order valence-corrected chi connectivity index (χ3v) is 4.96. The number of morpholine rings is 1. The number of ether oxygens (including phenoxy) is 2. The SMILES string of the molecule is O=C(O)c1ccc(N(CCN2CCOCC2)C(=O)OCc2ccccc2)c(Cl)c1. The molecule has 1 aliphatic rings. The number of carboxylic acids is 1. The van der Waals surface area contributed by atoms with Gasteiger partial charge in [0.15, 0.2) is 0 Å². The number of amides is 1. The zero-order valence-corrected chi connectivity index (χ0v) is 16.7. The molecule has 1 heterocycles. The third-order valence-electron chi connectivity index (χ3n) is 4.65. The molecule has 0 unspecified atom stereocenters. The Kier molecular flexibility index (Phi) is 7.46. The smallest absolute Gasteiger partial charge is 0.414 e. The third kappa shape index (κ3) is 5.93. The fourth-order valence-electron chi connectivity index (χ4n) is 3.03. The van der Waals surface area contributed by atoms with Crippen molar-refractivity contribution in [3.63, 3.8) is 0 Å². The number of aromatic carboxylic acids is 1. The van der Waals surface area contributed by atoms with Crippen molar-refractivity contribution in [3.05, 3.63) is 64.7 Å². The van der Waals surface area contributed by atoms with E-state index in [1.165, 1.54) is 23.1 Å². The van der Waals surface area contributed by atoms with Crippen molar-refractivity contribution in [1.29, 1.82) is 0 Å². The van der Waals surface area contributed by atoms with E-state index >= 15 is 0 Å². The van der Waals surface area contributed by atoms with E-state index in [4.69, 9.17) is 26.2 Å². The molecule has 1 fully saturated rings. The van der Waals surface area contributed by atoms with Crippen LogP contribution in [0.25, 0.3) is 0 Å². The van der Waals surface area contributed by atoms with Crippen molar-refractivity contribution in [2.24, 2.45) is 0 Å². The van der Waals surface area contributed by atoms with Crippen LogP contribution in [-0.4, -0.2) is 61.5 Å². The lowest BCUT2D eigenvalue weighted by atomic mass is 10.2. The van der Waals surface area contributed by atoms with Gasteiger partial charge >= 0.3 is 12.1 Å². The maximum atomic E-state index is 12.8. The average Bonchev–Trinajstić information content (AvgIpc) is 2.74. The highest BCUT2D eigenvalue weighted by molar-refractivity contribution is 6.34. The molecule has 1 N–H and O–H groups in total. The van der Waals surface area contributed by atoms with Gasteiger partial charge < -0.3 is 14.6 Å². The molecule has 0 radical (unpaired) electrons. The number of carboxylic acid groups (broad SMARTS) is 1. The van der Waals surface area contributed by atoms with Gasteiger partial charge in [-0.25, -0.2) is 9.59 Å². The monoisotopic (exact) mass is 418 g/mol. The van der Waals surface area contributed by atoms with E-state index in [9.17, 15) is 9.59 Å². The van der Waals surface area contributed by atoms with Crippen molar-refractivity contribution in [2.45, 2.75) is 6.61 Å².